The van der Waals surface area contributed by atoms with Crippen LogP contribution in [0.1, 0.15) is 42.1 Å². The number of hydrogen-bond donors (Lipinski definition) is 1. The number of fused-ring (bicyclic) bond motifs is 1. The van der Waals surface area contributed by atoms with E-state index < -0.39 is 0 Å². The van der Waals surface area contributed by atoms with Crippen molar-refractivity contribution in [2.24, 2.45) is 5.92 Å². The Bertz CT molecular complexity index is 849. The summed E-state index contributed by atoms with van der Waals surface area (Å²) in [5.74, 6) is 1.21. The van der Waals surface area contributed by atoms with Gasteiger partial charge in [-0.25, -0.2) is 0 Å². The Morgan fingerprint density at radius 1 is 1.32 bits per heavy atom. The topological polar surface area (TPSA) is 71.1 Å². The lowest BCUT2D eigenvalue weighted by atomic mass is 9.77. The molecule has 2 amide bonds. The molecule has 0 radical (unpaired) electrons. The summed E-state index contributed by atoms with van der Waals surface area (Å²) in [6.07, 6.45) is 4.97. The largest absolute Gasteiger partial charge is 0.496 e. The summed E-state index contributed by atoms with van der Waals surface area (Å²) in [7, 11) is 1.61. The molecule has 0 spiro atoms. The number of benzene rings is 1. The lowest BCUT2D eigenvalue weighted by Gasteiger charge is -2.40. The van der Waals surface area contributed by atoms with E-state index in [0.29, 0.717) is 56.7 Å². The van der Waals surface area contributed by atoms with Crippen molar-refractivity contribution in [1.82, 2.24) is 15.1 Å². The highest BCUT2D eigenvalue weighted by molar-refractivity contribution is 5.97. The summed E-state index contributed by atoms with van der Waals surface area (Å²) in [5.41, 5.74) is 1.71. The minimum Gasteiger partial charge on any atom is -0.496 e. The average Bonchev–Trinajstić information content (AvgIpc) is 3.20. The van der Waals surface area contributed by atoms with Crippen LogP contribution in [-0.4, -0.2) is 80.2 Å². The van der Waals surface area contributed by atoms with E-state index in [-0.39, 0.29) is 29.7 Å². The van der Waals surface area contributed by atoms with Crippen molar-refractivity contribution in [2.75, 3.05) is 46.5 Å². The van der Waals surface area contributed by atoms with Crippen LogP contribution in [0.5, 0.6) is 5.75 Å². The number of allylic oxidation sites excluding steroid dienone is 1. The van der Waals surface area contributed by atoms with Gasteiger partial charge >= 0.3 is 0 Å². The predicted molar refractivity (Wildman–Crippen MR) is 118 cm³/mol. The van der Waals surface area contributed by atoms with Crippen LogP contribution < -0.4 is 10.1 Å². The van der Waals surface area contributed by atoms with E-state index in [1.54, 1.807) is 7.11 Å². The zero-order valence-electron chi connectivity index (χ0n) is 18.7. The molecule has 0 aliphatic carbocycles. The number of amides is 2. The van der Waals surface area contributed by atoms with E-state index in [4.69, 9.17) is 9.47 Å². The highest BCUT2D eigenvalue weighted by Gasteiger charge is 2.47. The standard InChI is InChI=1S/C24H33N3O4/c1-4-5-8-27-15-20(19-13-16(2)25-22(19)24(27)29)17-6-7-18(21(14-17)30-3)23(28)26-9-11-31-12-10-26/h4-7,14,16,19-20,22,25H,8-13,15H2,1-3H3/b5-4+. The monoisotopic (exact) mass is 427 g/mol. The molecular weight excluding hydrogens is 394 g/mol. The van der Waals surface area contributed by atoms with Gasteiger partial charge in [-0.1, -0.05) is 18.2 Å². The number of nitrogens with one attached hydrogen (secondary N) is 1. The summed E-state index contributed by atoms with van der Waals surface area (Å²) in [6.45, 7) is 7.75. The molecule has 0 aromatic heterocycles. The molecule has 3 saturated heterocycles. The summed E-state index contributed by atoms with van der Waals surface area (Å²) in [5, 5.41) is 3.49. The lowest BCUT2D eigenvalue weighted by molar-refractivity contribution is -0.137. The van der Waals surface area contributed by atoms with Gasteiger partial charge in [-0.15, -0.1) is 0 Å². The maximum atomic E-state index is 13.0. The molecule has 3 fully saturated rings. The highest BCUT2D eigenvalue weighted by Crippen LogP contribution is 2.41. The number of carbonyl (C=O) groups excluding carboxylic acids is 2. The van der Waals surface area contributed by atoms with Crippen molar-refractivity contribution in [1.29, 1.82) is 0 Å². The smallest absolute Gasteiger partial charge is 0.257 e. The van der Waals surface area contributed by atoms with Gasteiger partial charge in [0.05, 0.1) is 31.9 Å². The highest BCUT2D eigenvalue weighted by atomic mass is 16.5. The van der Waals surface area contributed by atoms with Crippen LogP contribution in [0.15, 0.2) is 30.4 Å². The first kappa shape index (κ1) is 21.8. The van der Waals surface area contributed by atoms with E-state index in [2.05, 4.69) is 12.2 Å². The Morgan fingerprint density at radius 3 is 2.81 bits per heavy atom. The average molecular weight is 428 g/mol. The molecule has 3 aliphatic rings. The molecule has 3 heterocycles. The third kappa shape index (κ3) is 4.34. The Balaban J connectivity index is 1.62. The zero-order chi connectivity index (χ0) is 22.0. The minimum atomic E-state index is -0.153. The first-order valence-electron chi connectivity index (χ1n) is 11.2. The van der Waals surface area contributed by atoms with E-state index in [1.165, 1.54) is 0 Å². The summed E-state index contributed by atoms with van der Waals surface area (Å²) >= 11 is 0. The summed E-state index contributed by atoms with van der Waals surface area (Å²) in [6, 6.07) is 6.10. The van der Waals surface area contributed by atoms with Gasteiger partial charge in [0.25, 0.3) is 5.91 Å². The maximum absolute atomic E-state index is 13.0. The normalized spacial score (nSPS) is 28.8. The van der Waals surface area contributed by atoms with Crippen molar-refractivity contribution < 1.29 is 19.1 Å². The summed E-state index contributed by atoms with van der Waals surface area (Å²) < 4.78 is 11.0. The second kappa shape index (κ2) is 9.40. The predicted octanol–water partition coefficient (Wildman–Crippen LogP) is 2.04. The van der Waals surface area contributed by atoms with Crippen molar-refractivity contribution in [3.05, 3.63) is 41.5 Å². The van der Waals surface area contributed by atoms with Gasteiger partial charge in [0.2, 0.25) is 5.91 Å². The zero-order valence-corrected chi connectivity index (χ0v) is 18.7. The Labute approximate surface area is 184 Å². The lowest BCUT2D eigenvalue weighted by Crippen LogP contribution is -2.54. The molecule has 4 rings (SSSR count). The number of piperidine rings is 1. The molecule has 1 N–H and O–H groups in total. The molecule has 168 valence electrons. The van der Waals surface area contributed by atoms with Gasteiger partial charge in [0.15, 0.2) is 0 Å². The minimum absolute atomic E-state index is 0.0192. The molecule has 0 bridgehead atoms. The van der Waals surface area contributed by atoms with Gasteiger partial charge in [0, 0.05) is 38.1 Å². The van der Waals surface area contributed by atoms with Crippen molar-refractivity contribution in [3.63, 3.8) is 0 Å². The first-order valence-corrected chi connectivity index (χ1v) is 11.2. The second-order valence-electron chi connectivity index (χ2n) is 8.73. The fraction of sp³-hybridized carbons (Fsp3) is 0.583. The quantitative estimate of drug-likeness (QED) is 0.729. The number of likely N-dealkylation sites (tertiary alicyclic amines) is 1. The van der Waals surface area contributed by atoms with E-state index in [9.17, 15) is 9.59 Å². The first-order chi connectivity index (χ1) is 15.0. The number of hydrogen-bond acceptors (Lipinski definition) is 5. The van der Waals surface area contributed by atoms with Gasteiger partial charge in [-0.05, 0) is 43.9 Å². The number of rotatable bonds is 5. The van der Waals surface area contributed by atoms with E-state index in [1.807, 2.05) is 47.1 Å². The van der Waals surface area contributed by atoms with Crippen LogP contribution in [0, 0.1) is 5.92 Å². The Morgan fingerprint density at radius 2 is 2.10 bits per heavy atom. The van der Waals surface area contributed by atoms with Gasteiger partial charge in [0.1, 0.15) is 5.75 Å². The van der Waals surface area contributed by atoms with Crippen LogP contribution in [0.2, 0.25) is 0 Å². The molecule has 7 nitrogen and oxygen atoms in total. The molecule has 3 aliphatic heterocycles. The van der Waals surface area contributed by atoms with E-state index >= 15 is 0 Å². The van der Waals surface area contributed by atoms with Crippen molar-refractivity contribution >= 4 is 11.8 Å². The Hall–Kier alpha value is -2.38. The van der Waals surface area contributed by atoms with Crippen molar-refractivity contribution in [3.8, 4) is 5.75 Å². The maximum Gasteiger partial charge on any atom is 0.257 e. The number of ether oxygens (including phenoxy) is 2. The van der Waals surface area contributed by atoms with Crippen LogP contribution in [0.25, 0.3) is 0 Å². The molecule has 4 unspecified atom stereocenters. The molecule has 31 heavy (non-hydrogen) atoms. The molecule has 0 saturated carbocycles. The molecule has 1 aromatic rings. The summed E-state index contributed by atoms with van der Waals surface area (Å²) in [4.78, 5) is 29.8. The van der Waals surface area contributed by atoms with Gasteiger partial charge < -0.3 is 24.6 Å². The number of methoxy groups -OCH3 is 1. The third-order valence-electron chi connectivity index (χ3n) is 6.77. The van der Waals surface area contributed by atoms with Crippen molar-refractivity contribution in [2.45, 2.75) is 38.3 Å². The molecule has 4 atom stereocenters. The van der Waals surface area contributed by atoms with Crippen LogP contribution in [0.4, 0.5) is 0 Å². The van der Waals surface area contributed by atoms with Gasteiger partial charge in [-0.3, -0.25) is 9.59 Å². The van der Waals surface area contributed by atoms with Crippen LogP contribution in [0.3, 0.4) is 0 Å². The SMILES string of the molecule is C/C=C/CN1CC(c2ccc(C(=O)N3CCOCC3)c(OC)c2)C2CC(C)NC2C1=O. The number of carbonyl (C=O) groups is 2. The number of morpholine rings is 1. The fourth-order valence-electron chi connectivity index (χ4n) is 5.15. The van der Waals surface area contributed by atoms with Gasteiger partial charge in [-0.2, -0.15) is 0 Å². The van der Waals surface area contributed by atoms with Crippen LogP contribution >= 0.6 is 0 Å². The fourth-order valence-corrected chi connectivity index (χ4v) is 5.15. The Kier molecular flexibility index (Phi) is 6.62. The molecule has 1 aromatic carbocycles. The molecule has 7 heteroatoms. The molecular formula is C24H33N3O4. The van der Waals surface area contributed by atoms with Crippen LogP contribution in [-0.2, 0) is 9.53 Å². The van der Waals surface area contributed by atoms with E-state index in [0.717, 1.165) is 12.0 Å². The third-order valence-corrected chi connectivity index (χ3v) is 6.77. The second-order valence-corrected chi connectivity index (χ2v) is 8.73. The number of nitrogens with zero attached hydrogens (tertiary/aromatic N) is 2.